The molecule has 0 aliphatic carbocycles. The van der Waals surface area contributed by atoms with Gasteiger partial charge in [-0.2, -0.15) is 5.10 Å². The van der Waals surface area contributed by atoms with Crippen LogP contribution >= 0.6 is 11.6 Å². The van der Waals surface area contributed by atoms with Crippen LogP contribution in [0, 0.1) is 6.92 Å². The number of halogens is 1. The SMILES string of the molecule is Cc1nc(C(=O)CC(=O)N(Cc2cccc(Cl)c2)c2cc(C(N)=O)cc(C(=O)N(C)C)c2)n[nH]1. The van der Waals surface area contributed by atoms with E-state index in [9.17, 15) is 19.2 Å². The fourth-order valence-corrected chi connectivity index (χ4v) is 3.42. The summed E-state index contributed by atoms with van der Waals surface area (Å²) in [6.45, 7) is 1.66. The molecule has 3 amide bonds. The predicted molar refractivity (Wildman–Crippen MR) is 126 cm³/mol. The highest BCUT2D eigenvalue weighted by atomic mass is 35.5. The molecule has 1 aromatic heterocycles. The van der Waals surface area contributed by atoms with Gasteiger partial charge in [-0.05, 0) is 42.8 Å². The van der Waals surface area contributed by atoms with Crippen LogP contribution in [0.3, 0.4) is 0 Å². The van der Waals surface area contributed by atoms with Crippen molar-refractivity contribution in [2.75, 3.05) is 19.0 Å². The number of amides is 3. The predicted octanol–water partition coefficient (Wildman–Crippen LogP) is 2.37. The normalized spacial score (nSPS) is 10.6. The molecule has 1 heterocycles. The minimum Gasteiger partial charge on any atom is -0.366 e. The van der Waals surface area contributed by atoms with Crippen molar-refractivity contribution in [2.45, 2.75) is 19.9 Å². The lowest BCUT2D eigenvalue weighted by atomic mass is 10.1. The van der Waals surface area contributed by atoms with E-state index in [-0.39, 0.29) is 35.1 Å². The molecule has 0 spiro atoms. The molecule has 0 unspecified atom stereocenters. The van der Waals surface area contributed by atoms with E-state index in [0.717, 1.165) is 0 Å². The minimum absolute atomic E-state index is 0.0253. The molecular formula is C23H23ClN6O4. The van der Waals surface area contributed by atoms with Gasteiger partial charge in [0.05, 0.1) is 13.0 Å². The van der Waals surface area contributed by atoms with Gasteiger partial charge in [0.2, 0.25) is 23.4 Å². The summed E-state index contributed by atoms with van der Waals surface area (Å²) in [4.78, 5) is 57.1. The fraction of sp³-hybridized carbons (Fsp3) is 0.217. The van der Waals surface area contributed by atoms with Crippen LogP contribution in [0.5, 0.6) is 0 Å². The van der Waals surface area contributed by atoms with Crippen molar-refractivity contribution in [1.29, 1.82) is 0 Å². The maximum atomic E-state index is 13.3. The molecule has 0 radical (unpaired) electrons. The first-order valence-corrected chi connectivity index (χ1v) is 10.6. The van der Waals surface area contributed by atoms with Crippen molar-refractivity contribution in [3.05, 3.63) is 75.8 Å². The summed E-state index contributed by atoms with van der Waals surface area (Å²) in [7, 11) is 3.12. The van der Waals surface area contributed by atoms with Crippen LogP contribution in [-0.2, 0) is 11.3 Å². The molecule has 176 valence electrons. The van der Waals surface area contributed by atoms with Crippen LogP contribution in [0.1, 0.15) is 49.1 Å². The van der Waals surface area contributed by atoms with E-state index >= 15 is 0 Å². The molecule has 0 atom stereocenters. The third-order valence-corrected chi connectivity index (χ3v) is 5.09. The van der Waals surface area contributed by atoms with Crippen LogP contribution in [0.2, 0.25) is 5.02 Å². The van der Waals surface area contributed by atoms with Crippen molar-refractivity contribution < 1.29 is 19.2 Å². The topological polar surface area (TPSA) is 142 Å². The number of primary amides is 1. The van der Waals surface area contributed by atoms with Crippen LogP contribution < -0.4 is 10.6 Å². The zero-order valence-electron chi connectivity index (χ0n) is 18.8. The summed E-state index contributed by atoms with van der Waals surface area (Å²) in [6, 6.07) is 11.1. The number of rotatable bonds is 8. The van der Waals surface area contributed by atoms with Crippen LogP contribution in [0.25, 0.3) is 0 Å². The van der Waals surface area contributed by atoms with Gasteiger partial charge in [0.25, 0.3) is 5.91 Å². The van der Waals surface area contributed by atoms with Crippen LogP contribution in [0.15, 0.2) is 42.5 Å². The lowest BCUT2D eigenvalue weighted by Gasteiger charge is -2.24. The van der Waals surface area contributed by atoms with E-state index in [2.05, 4.69) is 15.2 Å². The van der Waals surface area contributed by atoms with Crippen LogP contribution in [0.4, 0.5) is 5.69 Å². The van der Waals surface area contributed by atoms with Gasteiger partial charge in [-0.3, -0.25) is 24.3 Å². The molecule has 0 saturated carbocycles. The highest BCUT2D eigenvalue weighted by molar-refractivity contribution is 6.30. The van der Waals surface area contributed by atoms with Gasteiger partial charge in [0, 0.05) is 35.9 Å². The molecule has 10 nitrogen and oxygen atoms in total. The number of aromatic nitrogens is 3. The van der Waals surface area contributed by atoms with Crippen molar-refractivity contribution in [3.63, 3.8) is 0 Å². The molecule has 3 rings (SSSR count). The van der Waals surface area contributed by atoms with Gasteiger partial charge in [-0.1, -0.05) is 23.7 Å². The van der Waals surface area contributed by atoms with Gasteiger partial charge in [0.1, 0.15) is 5.82 Å². The van der Waals surface area contributed by atoms with Crippen molar-refractivity contribution >= 4 is 40.8 Å². The van der Waals surface area contributed by atoms with E-state index in [1.165, 1.54) is 28.0 Å². The Morgan fingerprint density at radius 1 is 1.06 bits per heavy atom. The quantitative estimate of drug-likeness (QED) is 0.372. The molecule has 2 aromatic carbocycles. The number of Topliss-reactive ketones (excluding diaryl/α,β-unsaturated/α-hetero) is 1. The Balaban J connectivity index is 2.05. The minimum atomic E-state index is -0.767. The molecule has 0 saturated heterocycles. The third-order valence-electron chi connectivity index (χ3n) is 4.86. The van der Waals surface area contributed by atoms with E-state index in [1.807, 2.05) is 0 Å². The summed E-state index contributed by atoms with van der Waals surface area (Å²) in [5, 5.41) is 6.83. The Hall–Kier alpha value is -4.05. The standard InChI is InChI=1S/C23H23ClN6O4/c1-13-26-22(28-27-13)19(31)11-20(32)30(12-14-5-4-6-17(24)7-14)18-9-15(21(25)33)8-16(10-18)23(34)29(2)3/h4-10H,11-12H2,1-3H3,(H2,25,33)(H,26,27,28). The zero-order chi connectivity index (χ0) is 25.0. The largest absolute Gasteiger partial charge is 0.366 e. The molecule has 3 N–H and O–H groups in total. The second kappa shape index (κ2) is 10.3. The van der Waals surface area contributed by atoms with E-state index < -0.39 is 24.0 Å². The zero-order valence-corrected chi connectivity index (χ0v) is 19.6. The number of carbonyl (C=O) groups excluding carboxylic acids is 4. The van der Waals surface area contributed by atoms with E-state index in [4.69, 9.17) is 17.3 Å². The van der Waals surface area contributed by atoms with Crippen LogP contribution in [-0.4, -0.2) is 57.7 Å². The second-order valence-electron chi connectivity index (χ2n) is 7.79. The number of aryl methyl sites for hydroxylation is 1. The summed E-state index contributed by atoms with van der Waals surface area (Å²) in [6.07, 6.45) is -0.532. The average molecular weight is 483 g/mol. The van der Waals surface area contributed by atoms with Gasteiger partial charge in [0.15, 0.2) is 0 Å². The summed E-state index contributed by atoms with van der Waals surface area (Å²) < 4.78 is 0. The number of hydrogen-bond donors (Lipinski definition) is 2. The highest BCUT2D eigenvalue weighted by Gasteiger charge is 2.24. The number of hydrogen-bond acceptors (Lipinski definition) is 6. The van der Waals surface area contributed by atoms with Gasteiger partial charge >= 0.3 is 0 Å². The molecule has 0 aliphatic rings. The molecule has 3 aromatic rings. The number of ketones is 1. The number of nitrogens with two attached hydrogens (primary N) is 1. The molecule has 0 bridgehead atoms. The second-order valence-corrected chi connectivity index (χ2v) is 8.22. The number of benzene rings is 2. The fourth-order valence-electron chi connectivity index (χ4n) is 3.21. The third kappa shape index (κ3) is 5.84. The Kier molecular flexibility index (Phi) is 7.42. The smallest absolute Gasteiger partial charge is 0.253 e. The van der Waals surface area contributed by atoms with Gasteiger partial charge < -0.3 is 15.5 Å². The lowest BCUT2D eigenvalue weighted by molar-refractivity contribution is -0.117. The first-order valence-electron chi connectivity index (χ1n) is 10.2. The molecular weight excluding hydrogens is 460 g/mol. The molecule has 0 fully saturated rings. The Morgan fingerprint density at radius 2 is 1.76 bits per heavy atom. The van der Waals surface area contributed by atoms with Gasteiger partial charge in [-0.15, -0.1) is 0 Å². The summed E-state index contributed by atoms with van der Waals surface area (Å²) in [5.74, 6) is -1.99. The molecule has 34 heavy (non-hydrogen) atoms. The van der Waals surface area contributed by atoms with Gasteiger partial charge in [-0.25, -0.2) is 4.98 Å². The molecule has 11 heteroatoms. The van der Waals surface area contributed by atoms with Crippen molar-refractivity contribution in [2.24, 2.45) is 5.73 Å². The number of carbonyl (C=O) groups is 4. The first-order chi connectivity index (χ1) is 16.0. The Morgan fingerprint density at radius 3 is 2.35 bits per heavy atom. The number of H-pyrrole nitrogens is 1. The Labute approximate surface area is 200 Å². The molecule has 0 aliphatic heterocycles. The number of aromatic amines is 1. The Bertz CT molecular complexity index is 1270. The summed E-state index contributed by atoms with van der Waals surface area (Å²) >= 11 is 6.10. The van der Waals surface area contributed by atoms with E-state index in [0.29, 0.717) is 16.4 Å². The first kappa shape index (κ1) is 24.6. The lowest BCUT2D eigenvalue weighted by Crippen LogP contribution is -2.33. The van der Waals surface area contributed by atoms with E-state index in [1.54, 1.807) is 45.3 Å². The number of nitrogens with zero attached hydrogens (tertiary/aromatic N) is 4. The maximum absolute atomic E-state index is 13.3. The van der Waals surface area contributed by atoms with Crippen molar-refractivity contribution in [1.82, 2.24) is 20.1 Å². The highest BCUT2D eigenvalue weighted by Crippen LogP contribution is 2.24. The summed E-state index contributed by atoms with van der Waals surface area (Å²) in [5.41, 5.74) is 6.58. The van der Waals surface area contributed by atoms with Crippen molar-refractivity contribution in [3.8, 4) is 0 Å². The number of nitrogens with one attached hydrogen (secondary N) is 1. The maximum Gasteiger partial charge on any atom is 0.253 e. The number of anilines is 1. The average Bonchev–Trinajstić information content (AvgIpc) is 3.23. The monoisotopic (exact) mass is 482 g/mol.